The van der Waals surface area contributed by atoms with E-state index in [1.165, 1.54) is 25.0 Å². The second-order valence-corrected chi connectivity index (χ2v) is 12.7. The lowest BCUT2D eigenvalue weighted by Gasteiger charge is -2.17. The Morgan fingerprint density at radius 3 is 2.63 bits per heavy atom. The Bertz CT molecular complexity index is 2060. The molecule has 0 radical (unpaired) electrons. The summed E-state index contributed by atoms with van der Waals surface area (Å²) in [4.78, 5) is 32.0. The standard InChI is InChI=1S/C35H35FN8O2/c1-35(2,3)34(45)39-24-13-22(17-37-18-24)28-6-7-29-32(41-28)33(43-42-29)30-16-26-27(19-38-20-31(26)40-30)21-12-23(36)15-25(14-21)46-11-10-44-8-4-5-9-44/h6-7,12-20,40H,4-5,8-11H2,1-3H3,(H,39,45)(H,42,43). The number of anilines is 1. The number of aromatic nitrogens is 6. The summed E-state index contributed by atoms with van der Waals surface area (Å²) in [5.74, 6) is 0.0284. The van der Waals surface area contributed by atoms with E-state index in [1.807, 2.05) is 51.1 Å². The van der Waals surface area contributed by atoms with E-state index in [0.717, 1.165) is 52.9 Å². The molecule has 234 valence electrons. The van der Waals surface area contributed by atoms with Gasteiger partial charge >= 0.3 is 0 Å². The fraction of sp³-hybridized carbons (Fsp3) is 0.286. The van der Waals surface area contributed by atoms with Crippen molar-refractivity contribution in [3.05, 3.63) is 73.1 Å². The Morgan fingerprint density at radius 2 is 1.80 bits per heavy atom. The number of carbonyl (C=O) groups excluding carboxylic acids is 1. The van der Waals surface area contributed by atoms with E-state index in [9.17, 15) is 9.18 Å². The molecule has 0 unspecified atom stereocenters. The molecule has 1 aliphatic heterocycles. The van der Waals surface area contributed by atoms with E-state index >= 15 is 0 Å². The third kappa shape index (κ3) is 6.05. The van der Waals surface area contributed by atoms with E-state index in [1.54, 1.807) is 24.8 Å². The van der Waals surface area contributed by atoms with Crippen LogP contribution in [0.15, 0.2) is 67.3 Å². The van der Waals surface area contributed by atoms with Crippen LogP contribution in [0.1, 0.15) is 33.6 Å². The number of hydrogen-bond donors (Lipinski definition) is 3. The van der Waals surface area contributed by atoms with Crippen molar-refractivity contribution in [1.82, 2.24) is 35.0 Å². The molecule has 1 fully saturated rings. The number of benzene rings is 1. The smallest absolute Gasteiger partial charge is 0.229 e. The molecular weight excluding hydrogens is 583 g/mol. The first kappa shape index (κ1) is 29.5. The number of hydrogen-bond acceptors (Lipinski definition) is 7. The van der Waals surface area contributed by atoms with Crippen LogP contribution < -0.4 is 10.1 Å². The Labute approximate surface area is 265 Å². The first-order valence-corrected chi connectivity index (χ1v) is 15.5. The number of amides is 1. The Kier molecular flexibility index (Phi) is 7.69. The fourth-order valence-corrected chi connectivity index (χ4v) is 5.72. The van der Waals surface area contributed by atoms with Crippen LogP contribution in [0, 0.1) is 11.2 Å². The van der Waals surface area contributed by atoms with Crippen molar-refractivity contribution in [2.45, 2.75) is 33.6 Å². The van der Waals surface area contributed by atoms with Crippen molar-refractivity contribution in [3.8, 4) is 39.5 Å². The summed E-state index contributed by atoms with van der Waals surface area (Å²) in [6, 6.07) is 12.4. The van der Waals surface area contributed by atoms with Crippen LogP contribution in [0.2, 0.25) is 0 Å². The van der Waals surface area contributed by atoms with E-state index in [0.29, 0.717) is 40.5 Å². The van der Waals surface area contributed by atoms with Gasteiger partial charge in [-0.15, -0.1) is 0 Å². The molecule has 0 saturated carbocycles. The summed E-state index contributed by atoms with van der Waals surface area (Å²) in [6.07, 6.45) is 9.24. The number of nitrogens with one attached hydrogen (secondary N) is 3. The first-order valence-electron chi connectivity index (χ1n) is 15.5. The van der Waals surface area contributed by atoms with Gasteiger partial charge in [-0.1, -0.05) is 20.8 Å². The Morgan fingerprint density at radius 1 is 0.978 bits per heavy atom. The highest BCUT2D eigenvalue weighted by Gasteiger charge is 2.22. The van der Waals surface area contributed by atoms with Gasteiger partial charge in [-0.25, -0.2) is 9.37 Å². The lowest BCUT2D eigenvalue weighted by Crippen LogP contribution is -2.27. The van der Waals surface area contributed by atoms with Gasteiger partial charge in [0.05, 0.1) is 40.5 Å². The minimum absolute atomic E-state index is 0.0980. The molecule has 11 heteroatoms. The molecule has 0 atom stereocenters. The highest BCUT2D eigenvalue weighted by atomic mass is 19.1. The number of likely N-dealkylation sites (tertiary alicyclic amines) is 1. The molecule has 46 heavy (non-hydrogen) atoms. The Balaban J connectivity index is 1.19. The number of ether oxygens (including phenoxy) is 1. The van der Waals surface area contributed by atoms with Crippen LogP contribution in [-0.2, 0) is 4.79 Å². The van der Waals surface area contributed by atoms with Crippen LogP contribution in [0.25, 0.3) is 55.7 Å². The van der Waals surface area contributed by atoms with Crippen LogP contribution in [-0.4, -0.2) is 67.2 Å². The molecular formula is C35H35FN8O2. The molecule has 1 aromatic carbocycles. The van der Waals surface area contributed by atoms with Crippen molar-refractivity contribution in [3.63, 3.8) is 0 Å². The van der Waals surface area contributed by atoms with Crippen LogP contribution >= 0.6 is 0 Å². The van der Waals surface area contributed by atoms with E-state index in [4.69, 9.17) is 9.72 Å². The quantitative estimate of drug-likeness (QED) is 0.171. The molecule has 1 aliphatic rings. The summed E-state index contributed by atoms with van der Waals surface area (Å²) < 4.78 is 20.8. The number of H-pyrrole nitrogens is 2. The largest absolute Gasteiger partial charge is 0.492 e. The minimum Gasteiger partial charge on any atom is -0.492 e. The molecule has 1 amide bonds. The van der Waals surface area contributed by atoms with Gasteiger partial charge in [0, 0.05) is 46.9 Å². The van der Waals surface area contributed by atoms with Gasteiger partial charge in [-0.2, -0.15) is 5.10 Å². The summed E-state index contributed by atoms with van der Waals surface area (Å²) in [7, 11) is 0. The number of aromatic amines is 2. The van der Waals surface area contributed by atoms with Gasteiger partial charge in [-0.05, 0) is 67.9 Å². The second-order valence-electron chi connectivity index (χ2n) is 12.7. The Hall–Kier alpha value is -5.16. The van der Waals surface area contributed by atoms with Gasteiger partial charge < -0.3 is 15.0 Å². The topological polar surface area (TPSA) is 125 Å². The normalized spacial score (nSPS) is 13.9. The zero-order chi connectivity index (χ0) is 31.8. The van der Waals surface area contributed by atoms with Gasteiger partial charge in [0.1, 0.15) is 29.4 Å². The highest BCUT2D eigenvalue weighted by Crippen LogP contribution is 2.35. The van der Waals surface area contributed by atoms with Crippen LogP contribution in [0.3, 0.4) is 0 Å². The number of halogens is 1. The van der Waals surface area contributed by atoms with E-state index in [2.05, 4.69) is 35.4 Å². The molecule has 0 aliphatic carbocycles. The summed E-state index contributed by atoms with van der Waals surface area (Å²) in [5, 5.41) is 11.5. The third-order valence-electron chi connectivity index (χ3n) is 8.24. The highest BCUT2D eigenvalue weighted by molar-refractivity contribution is 6.00. The van der Waals surface area contributed by atoms with Crippen molar-refractivity contribution in [2.75, 3.05) is 31.6 Å². The van der Waals surface area contributed by atoms with Crippen molar-refractivity contribution in [2.24, 2.45) is 5.41 Å². The average Bonchev–Trinajstić information content (AvgIpc) is 3.80. The minimum atomic E-state index is -0.536. The van der Waals surface area contributed by atoms with Gasteiger partial charge in [0.15, 0.2) is 0 Å². The van der Waals surface area contributed by atoms with Gasteiger partial charge in [-0.3, -0.25) is 24.8 Å². The molecule has 6 heterocycles. The third-order valence-corrected chi connectivity index (χ3v) is 8.24. The average molecular weight is 619 g/mol. The van der Waals surface area contributed by atoms with Crippen molar-refractivity contribution in [1.29, 1.82) is 0 Å². The number of fused-ring (bicyclic) bond motifs is 2. The molecule has 10 nitrogen and oxygen atoms in total. The maximum atomic E-state index is 14.8. The zero-order valence-corrected chi connectivity index (χ0v) is 26.0. The van der Waals surface area contributed by atoms with Gasteiger partial charge in [0.25, 0.3) is 0 Å². The first-order chi connectivity index (χ1) is 22.2. The fourth-order valence-electron chi connectivity index (χ4n) is 5.72. The van der Waals surface area contributed by atoms with Crippen molar-refractivity contribution >= 4 is 33.5 Å². The molecule has 0 spiro atoms. The van der Waals surface area contributed by atoms with Crippen LogP contribution in [0.5, 0.6) is 5.75 Å². The monoisotopic (exact) mass is 618 g/mol. The zero-order valence-electron chi connectivity index (χ0n) is 26.0. The number of nitrogens with zero attached hydrogens (tertiary/aromatic N) is 5. The number of carbonyl (C=O) groups is 1. The van der Waals surface area contributed by atoms with E-state index in [-0.39, 0.29) is 11.7 Å². The maximum absolute atomic E-state index is 14.8. The summed E-state index contributed by atoms with van der Waals surface area (Å²) in [5.41, 5.74) is 6.55. The number of rotatable bonds is 8. The maximum Gasteiger partial charge on any atom is 0.229 e. The molecule has 6 aromatic rings. The lowest BCUT2D eigenvalue weighted by molar-refractivity contribution is -0.123. The predicted octanol–water partition coefficient (Wildman–Crippen LogP) is 6.83. The van der Waals surface area contributed by atoms with Gasteiger partial charge in [0.2, 0.25) is 5.91 Å². The second kappa shape index (κ2) is 12.0. The molecule has 3 N–H and O–H groups in total. The molecule has 1 saturated heterocycles. The summed E-state index contributed by atoms with van der Waals surface area (Å²) >= 11 is 0. The number of pyridine rings is 3. The lowest BCUT2D eigenvalue weighted by atomic mass is 9.95. The summed E-state index contributed by atoms with van der Waals surface area (Å²) in [6.45, 7) is 9.09. The molecule has 7 rings (SSSR count). The van der Waals surface area contributed by atoms with Crippen molar-refractivity contribution < 1.29 is 13.9 Å². The molecule has 5 aromatic heterocycles. The van der Waals surface area contributed by atoms with E-state index < -0.39 is 5.41 Å². The predicted molar refractivity (Wildman–Crippen MR) is 177 cm³/mol. The van der Waals surface area contributed by atoms with Crippen LogP contribution in [0.4, 0.5) is 10.1 Å². The molecule has 0 bridgehead atoms. The SMILES string of the molecule is CC(C)(C)C(=O)Nc1cncc(-c2ccc3[nH]nc(-c4cc5c(-c6cc(F)cc(OCCN7CCCC7)c6)cncc5[nH]4)c3n2)c1.